The molecule has 0 aliphatic carbocycles. The molecular weight excluding hydrogens is 264 g/mol. The molecule has 0 atom stereocenters. The third-order valence-corrected chi connectivity index (χ3v) is 2.94. The van der Waals surface area contributed by atoms with E-state index in [1.807, 2.05) is 0 Å². The van der Waals surface area contributed by atoms with E-state index in [0.29, 0.717) is 16.7 Å². The molecule has 0 spiro atoms. The monoisotopic (exact) mass is 275 g/mol. The zero-order valence-corrected chi connectivity index (χ0v) is 10.6. The van der Waals surface area contributed by atoms with Gasteiger partial charge in [-0.15, -0.1) is 0 Å². The maximum absolute atomic E-state index is 13.5. The van der Waals surface area contributed by atoms with E-state index in [9.17, 15) is 8.78 Å². The van der Waals surface area contributed by atoms with Crippen LogP contribution < -0.4 is 5.32 Å². The molecule has 1 N–H and O–H groups in total. The maximum Gasteiger partial charge on any atom is 0.312 e. The van der Waals surface area contributed by atoms with Crippen LogP contribution in [0, 0.1) is 11.9 Å². The van der Waals surface area contributed by atoms with Gasteiger partial charge in [0.1, 0.15) is 5.82 Å². The van der Waals surface area contributed by atoms with Crippen LogP contribution in [0.25, 0.3) is 11.2 Å². The number of nitrogens with zero attached hydrogens (tertiary/aromatic N) is 4. The fraction of sp³-hybridized carbons (Fsp3) is 0.154. The Morgan fingerprint density at radius 3 is 2.80 bits per heavy atom. The lowest BCUT2D eigenvalue weighted by atomic mass is 10.2. The van der Waals surface area contributed by atoms with Gasteiger partial charge in [0.2, 0.25) is 0 Å². The molecule has 20 heavy (non-hydrogen) atoms. The smallest absolute Gasteiger partial charge is 0.312 e. The van der Waals surface area contributed by atoms with E-state index in [0.717, 1.165) is 0 Å². The van der Waals surface area contributed by atoms with Gasteiger partial charge in [0.05, 0.1) is 6.33 Å². The first-order valence-corrected chi connectivity index (χ1v) is 5.97. The van der Waals surface area contributed by atoms with Crippen molar-refractivity contribution in [3.05, 3.63) is 48.1 Å². The van der Waals surface area contributed by atoms with Gasteiger partial charge >= 0.3 is 6.08 Å². The van der Waals surface area contributed by atoms with E-state index in [4.69, 9.17) is 0 Å². The fourth-order valence-electron chi connectivity index (χ4n) is 1.92. The van der Waals surface area contributed by atoms with Crippen molar-refractivity contribution in [1.29, 1.82) is 0 Å². The third-order valence-electron chi connectivity index (χ3n) is 2.94. The number of hydrogen-bond acceptors (Lipinski definition) is 4. The first-order chi connectivity index (χ1) is 9.65. The van der Waals surface area contributed by atoms with Crippen molar-refractivity contribution in [3.8, 4) is 0 Å². The molecule has 0 saturated heterocycles. The molecule has 0 saturated carbocycles. The predicted octanol–water partition coefficient (Wildman–Crippen LogP) is 2.25. The van der Waals surface area contributed by atoms with E-state index in [-0.39, 0.29) is 18.2 Å². The Morgan fingerprint density at radius 2 is 2.00 bits per heavy atom. The quantitative estimate of drug-likeness (QED) is 0.745. The molecule has 0 bridgehead atoms. The highest BCUT2D eigenvalue weighted by atomic mass is 19.1. The van der Waals surface area contributed by atoms with Crippen molar-refractivity contribution in [2.24, 2.45) is 7.05 Å². The molecule has 102 valence electrons. The molecule has 7 heteroatoms. The first kappa shape index (κ1) is 12.5. The van der Waals surface area contributed by atoms with E-state index in [1.165, 1.54) is 12.4 Å². The summed E-state index contributed by atoms with van der Waals surface area (Å²) < 4.78 is 28.5. The van der Waals surface area contributed by atoms with Crippen molar-refractivity contribution < 1.29 is 8.78 Å². The molecule has 0 radical (unpaired) electrons. The summed E-state index contributed by atoms with van der Waals surface area (Å²) >= 11 is 0. The van der Waals surface area contributed by atoms with Gasteiger partial charge in [-0.1, -0.05) is 18.2 Å². The minimum absolute atomic E-state index is 0.189. The van der Waals surface area contributed by atoms with Gasteiger partial charge in [-0.3, -0.25) is 0 Å². The number of nitrogens with one attached hydrogen (secondary N) is 1. The van der Waals surface area contributed by atoms with E-state index < -0.39 is 6.08 Å². The van der Waals surface area contributed by atoms with E-state index >= 15 is 0 Å². The number of benzene rings is 1. The Morgan fingerprint density at radius 1 is 1.20 bits per heavy atom. The molecule has 1 aromatic carbocycles. The second-order valence-corrected chi connectivity index (χ2v) is 4.31. The van der Waals surface area contributed by atoms with Crippen LogP contribution in [-0.4, -0.2) is 19.5 Å². The van der Waals surface area contributed by atoms with Gasteiger partial charge in [0.15, 0.2) is 17.0 Å². The summed E-state index contributed by atoms with van der Waals surface area (Å²) in [6, 6.07) is 6.36. The van der Waals surface area contributed by atoms with Gasteiger partial charge in [-0.25, -0.2) is 9.37 Å². The van der Waals surface area contributed by atoms with Crippen LogP contribution in [0.15, 0.2) is 30.6 Å². The highest BCUT2D eigenvalue weighted by molar-refractivity contribution is 5.82. The van der Waals surface area contributed by atoms with E-state index in [1.54, 1.807) is 29.8 Å². The predicted molar refractivity (Wildman–Crippen MR) is 70.0 cm³/mol. The van der Waals surface area contributed by atoms with Crippen LogP contribution in [0.3, 0.4) is 0 Å². The summed E-state index contributed by atoms with van der Waals surface area (Å²) in [5.41, 5.74) is 1.30. The Labute approximate surface area is 113 Å². The minimum Gasteiger partial charge on any atom is -0.364 e. The molecule has 0 fully saturated rings. The molecule has 0 aliphatic heterocycles. The summed E-state index contributed by atoms with van der Waals surface area (Å²) in [5.74, 6) is -0.0804. The minimum atomic E-state index is -0.850. The largest absolute Gasteiger partial charge is 0.364 e. The Bertz CT molecular complexity index is 769. The number of imidazole rings is 1. The number of anilines is 1. The van der Waals surface area contributed by atoms with Crippen LogP contribution in [0.4, 0.5) is 14.6 Å². The normalized spacial score (nSPS) is 10.9. The molecule has 2 heterocycles. The van der Waals surface area contributed by atoms with Crippen molar-refractivity contribution in [3.63, 3.8) is 0 Å². The van der Waals surface area contributed by atoms with Gasteiger partial charge < -0.3 is 9.88 Å². The van der Waals surface area contributed by atoms with Crippen molar-refractivity contribution in [2.75, 3.05) is 5.32 Å². The van der Waals surface area contributed by atoms with Gasteiger partial charge in [-0.05, 0) is 6.07 Å². The number of halogens is 2. The number of rotatable bonds is 3. The van der Waals surface area contributed by atoms with E-state index in [2.05, 4.69) is 20.3 Å². The molecule has 0 unspecified atom stereocenters. The summed E-state index contributed by atoms with van der Waals surface area (Å²) in [6.45, 7) is 0.189. The SMILES string of the molecule is Cn1cnc2c(NCc3ccccc3F)nc(F)nc21. The lowest BCUT2D eigenvalue weighted by Gasteiger charge is -2.07. The fourth-order valence-corrected chi connectivity index (χ4v) is 1.92. The second-order valence-electron chi connectivity index (χ2n) is 4.31. The maximum atomic E-state index is 13.5. The molecule has 3 aromatic rings. The first-order valence-electron chi connectivity index (χ1n) is 5.97. The second kappa shape index (κ2) is 4.84. The molecule has 3 rings (SSSR count). The van der Waals surface area contributed by atoms with Gasteiger partial charge in [0, 0.05) is 19.2 Å². The average Bonchev–Trinajstić information content (AvgIpc) is 2.79. The highest BCUT2D eigenvalue weighted by Gasteiger charge is 2.12. The topological polar surface area (TPSA) is 55.6 Å². The Kier molecular flexibility index (Phi) is 3.02. The third kappa shape index (κ3) is 2.18. The zero-order valence-electron chi connectivity index (χ0n) is 10.6. The lowest BCUT2D eigenvalue weighted by Crippen LogP contribution is -2.06. The number of fused-ring (bicyclic) bond motifs is 1. The number of aromatic nitrogens is 4. The van der Waals surface area contributed by atoms with Crippen LogP contribution in [0.5, 0.6) is 0 Å². The summed E-state index contributed by atoms with van der Waals surface area (Å²) in [5, 5.41) is 2.89. The van der Waals surface area contributed by atoms with Crippen LogP contribution in [-0.2, 0) is 13.6 Å². The highest BCUT2D eigenvalue weighted by Crippen LogP contribution is 2.19. The summed E-state index contributed by atoms with van der Waals surface area (Å²) in [4.78, 5) is 11.5. The lowest BCUT2D eigenvalue weighted by molar-refractivity contribution is 0.543. The molecule has 2 aromatic heterocycles. The molecule has 5 nitrogen and oxygen atoms in total. The number of hydrogen-bond donors (Lipinski definition) is 1. The number of aryl methyl sites for hydroxylation is 1. The standard InChI is InChI=1S/C13H11F2N5/c1-20-7-17-10-11(18-13(15)19-12(10)20)16-6-8-4-2-3-5-9(8)14/h2-5,7H,6H2,1H3,(H,16,18,19). The van der Waals surface area contributed by atoms with Crippen LogP contribution in [0.2, 0.25) is 0 Å². The van der Waals surface area contributed by atoms with Crippen molar-refractivity contribution in [2.45, 2.75) is 6.54 Å². The van der Waals surface area contributed by atoms with Crippen molar-refractivity contribution in [1.82, 2.24) is 19.5 Å². The van der Waals surface area contributed by atoms with Crippen LogP contribution >= 0.6 is 0 Å². The average molecular weight is 275 g/mol. The molecule has 0 amide bonds. The Balaban J connectivity index is 1.93. The summed E-state index contributed by atoms with van der Waals surface area (Å²) in [6.07, 6.45) is 0.671. The van der Waals surface area contributed by atoms with Gasteiger partial charge in [-0.2, -0.15) is 14.4 Å². The summed E-state index contributed by atoms with van der Waals surface area (Å²) in [7, 11) is 1.71. The Hall–Kier alpha value is -2.57. The zero-order chi connectivity index (χ0) is 14.1. The van der Waals surface area contributed by atoms with Crippen molar-refractivity contribution >= 4 is 17.0 Å². The van der Waals surface area contributed by atoms with Crippen LogP contribution in [0.1, 0.15) is 5.56 Å². The molecule has 0 aliphatic rings. The molecular formula is C13H11F2N5. The van der Waals surface area contributed by atoms with Gasteiger partial charge in [0.25, 0.3) is 0 Å².